The van der Waals surface area contributed by atoms with Gasteiger partial charge in [0.15, 0.2) is 11.6 Å². The Morgan fingerprint density at radius 1 is 1.42 bits per heavy atom. The monoisotopic (exact) mass is 263 g/mol. The molecule has 104 valence electrons. The highest BCUT2D eigenvalue weighted by Gasteiger charge is 2.13. The van der Waals surface area contributed by atoms with Crippen molar-refractivity contribution in [3.8, 4) is 5.75 Å². The van der Waals surface area contributed by atoms with Crippen molar-refractivity contribution in [3.05, 3.63) is 41.7 Å². The second-order valence-electron chi connectivity index (χ2n) is 5.32. The highest BCUT2D eigenvalue weighted by molar-refractivity contribution is 5.30. The summed E-state index contributed by atoms with van der Waals surface area (Å²) in [7, 11) is 0. The number of nitrogens with one attached hydrogen (secondary N) is 1. The summed E-state index contributed by atoms with van der Waals surface area (Å²) in [6.45, 7) is 4.82. The number of benzene rings is 1. The Bertz CT molecular complexity index is 442. The van der Waals surface area contributed by atoms with Crippen LogP contribution in [0.1, 0.15) is 38.7 Å². The number of hydrogen-bond acceptors (Lipinski definition) is 2. The maximum absolute atomic E-state index is 14.0. The number of halogens is 1. The number of allylic oxidation sites excluding steroid dienone is 1. The lowest BCUT2D eigenvalue weighted by molar-refractivity contribution is 0.220. The Kier molecular flexibility index (Phi) is 4.97. The third-order valence-corrected chi connectivity index (χ3v) is 3.20. The summed E-state index contributed by atoms with van der Waals surface area (Å²) < 4.78 is 19.6. The van der Waals surface area contributed by atoms with Crippen molar-refractivity contribution in [1.29, 1.82) is 0 Å². The van der Waals surface area contributed by atoms with Gasteiger partial charge in [0.05, 0.1) is 0 Å². The highest BCUT2D eigenvalue weighted by Crippen LogP contribution is 2.23. The van der Waals surface area contributed by atoms with Gasteiger partial charge in [0.25, 0.3) is 0 Å². The summed E-state index contributed by atoms with van der Waals surface area (Å²) in [4.78, 5) is 0. The van der Waals surface area contributed by atoms with Crippen molar-refractivity contribution >= 4 is 0 Å². The van der Waals surface area contributed by atoms with Crippen molar-refractivity contribution in [2.45, 2.75) is 51.8 Å². The summed E-state index contributed by atoms with van der Waals surface area (Å²) in [5.41, 5.74) is 0.942. The molecule has 3 heteroatoms. The quantitative estimate of drug-likeness (QED) is 0.816. The summed E-state index contributed by atoms with van der Waals surface area (Å²) in [6.07, 6.45) is 7.32. The molecule has 1 aromatic rings. The van der Waals surface area contributed by atoms with Crippen LogP contribution in [0.25, 0.3) is 0 Å². The van der Waals surface area contributed by atoms with Gasteiger partial charge in [0.1, 0.15) is 6.10 Å². The summed E-state index contributed by atoms with van der Waals surface area (Å²) in [5, 5.41) is 3.27. The number of hydrogen-bond donors (Lipinski definition) is 1. The second-order valence-corrected chi connectivity index (χ2v) is 5.32. The van der Waals surface area contributed by atoms with Crippen LogP contribution in [-0.2, 0) is 6.54 Å². The molecule has 2 nitrogen and oxygen atoms in total. The fraction of sp³-hybridized carbons (Fsp3) is 0.500. The molecule has 0 fully saturated rings. The minimum absolute atomic E-state index is 0.0166. The van der Waals surface area contributed by atoms with Crippen LogP contribution in [0.3, 0.4) is 0 Å². The van der Waals surface area contributed by atoms with Crippen molar-refractivity contribution in [2.75, 3.05) is 0 Å². The number of ether oxygens (including phenoxy) is 1. The van der Waals surface area contributed by atoms with Crippen molar-refractivity contribution in [2.24, 2.45) is 0 Å². The zero-order chi connectivity index (χ0) is 13.7. The van der Waals surface area contributed by atoms with Gasteiger partial charge in [-0.25, -0.2) is 4.39 Å². The van der Waals surface area contributed by atoms with Gasteiger partial charge in [-0.15, -0.1) is 0 Å². The largest absolute Gasteiger partial charge is 0.483 e. The van der Waals surface area contributed by atoms with Crippen LogP contribution in [0.15, 0.2) is 30.4 Å². The maximum Gasteiger partial charge on any atom is 0.165 e. The lowest BCUT2D eigenvalue weighted by Gasteiger charge is -2.19. The van der Waals surface area contributed by atoms with Crippen LogP contribution in [0, 0.1) is 5.82 Å². The third-order valence-electron chi connectivity index (χ3n) is 3.20. The first-order chi connectivity index (χ1) is 9.15. The summed E-state index contributed by atoms with van der Waals surface area (Å²) >= 11 is 0. The molecule has 19 heavy (non-hydrogen) atoms. The Morgan fingerprint density at radius 2 is 2.26 bits per heavy atom. The average Bonchev–Trinajstić information content (AvgIpc) is 2.40. The SMILES string of the molecule is CC(C)NCc1ccc(OC2C=CCCC2)c(F)c1. The predicted molar refractivity (Wildman–Crippen MR) is 75.8 cm³/mol. The molecule has 1 atom stereocenters. The first kappa shape index (κ1) is 14.1. The zero-order valence-electron chi connectivity index (χ0n) is 11.7. The molecule has 1 aliphatic carbocycles. The molecule has 0 bridgehead atoms. The predicted octanol–water partition coefficient (Wildman–Crippen LogP) is 3.81. The second kappa shape index (κ2) is 6.71. The van der Waals surface area contributed by atoms with Gasteiger partial charge in [0, 0.05) is 12.6 Å². The van der Waals surface area contributed by atoms with Crippen molar-refractivity contribution in [1.82, 2.24) is 5.32 Å². The molecule has 0 amide bonds. The summed E-state index contributed by atoms with van der Waals surface area (Å²) in [6, 6.07) is 5.60. The number of rotatable bonds is 5. The Hall–Kier alpha value is -1.35. The molecule has 2 rings (SSSR count). The van der Waals surface area contributed by atoms with Crippen LogP contribution in [0.5, 0.6) is 5.75 Å². The van der Waals surface area contributed by atoms with Gasteiger partial charge in [-0.1, -0.05) is 26.0 Å². The molecular weight excluding hydrogens is 241 g/mol. The lowest BCUT2D eigenvalue weighted by Crippen LogP contribution is -2.22. The Balaban J connectivity index is 1.98. The maximum atomic E-state index is 14.0. The standard InChI is InChI=1S/C16H22FNO/c1-12(2)18-11-13-8-9-16(15(17)10-13)19-14-6-4-3-5-7-14/h4,6,8-10,12,14,18H,3,5,7,11H2,1-2H3. The molecule has 1 aromatic carbocycles. The van der Waals surface area contributed by atoms with E-state index in [0.717, 1.165) is 24.8 Å². The van der Waals surface area contributed by atoms with Crippen LogP contribution in [0.4, 0.5) is 4.39 Å². The van der Waals surface area contributed by atoms with Crippen LogP contribution in [0.2, 0.25) is 0 Å². The highest BCUT2D eigenvalue weighted by atomic mass is 19.1. The smallest absolute Gasteiger partial charge is 0.165 e. The van der Waals surface area contributed by atoms with Gasteiger partial charge in [-0.2, -0.15) is 0 Å². The van der Waals surface area contributed by atoms with Gasteiger partial charge < -0.3 is 10.1 Å². The van der Waals surface area contributed by atoms with Gasteiger partial charge in [-0.05, 0) is 43.0 Å². The average molecular weight is 263 g/mol. The van der Waals surface area contributed by atoms with Gasteiger partial charge in [0.2, 0.25) is 0 Å². The van der Waals surface area contributed by atoms with E-state index in [1.54, 1.807) is 12.1 Å². The lowest BCUT2D eigenvalue weighted by atomic mass is 10.1. The fourth-order valence-corrected chi connectivity index (χ4v) is 2.11. The molecule has 0 aliphatic heterocycles. The molecule has 1 aliphatic rings. The molecule has 0 saturated heterocycles. The Morgan fingerprint density at radius 3 is 2.89 bits per heavy atom. The third kappa shape index (κ3) is 4.35. The van der Waals surface area contributed by atoms with E-state index in [4.69, 9.17) is 4.74 Å². The first-order valence-corrected chi connectivity index (χ1v) is 7.00. The van der Waals surface area contributed by atoms with E-state index in [9.17, 15) is 4.39 Å². The van der Waals surface area contributed by atoms with E-state index in [0.29, 0.717) is 18.3 Å². The molecular formula is C16H22FNO. The van der Waals surface area contributed by atoms with Crippen LogP contribution in [-0.4, -0.2) is 12.1 Å². The van der Waals surface area contributed by atoms with E-state index in [1.807, 2.05) is 12.1 Å². The van der Waals surface area contributed by atoms with E-state index >= 15 is 0 Å². The minimum atomic E-state index is -0.276. The summed E-state index contributed by atoms with van der Waals surface area (Å²) in [5.74, 6) is 0.0758. The normalized spacial score (nSPS) is 18.8. The molecule has 0 saturated carbocycles. The molecule has 1 unspecified atom stereocenters. The van der Waals surface area contributed by atoms with E-state index in [2.05, 4.69) is 25.2 Å². The Labute approximate surface area is 114 Å². The topological polar surface area (TPSA) is 21.3 Å². The molecule has 0 aromatic heterocycles. The molecule has 1 N–H and O–H groups in total. The van der Waals surface area contributed by atoms with Crippen LogP contribution >= 0.6 is 0 Å². The molecule has 0 radical (unpaired) electrons. The molecule has 0 spiro atoms. The van der Waals surface area contributed by atoms with E-state index in [1.165, 1.54) is 0 Å². The fourth-order valence-electron chi connectivity index (χ4n) is 2.11. The van der Waals surface area contributed by atoms with Gasteiger partial charge in [-0.3, -0.25) is 0 Å². The van der Waals surface area contributed by atoms with E-state index < -0.39 is 0 Å². The van der Waals surface area contributed by atoms with Crippen molar-refractivity contribution < 1.29 is 9.13 Å². The first-order valence-electron chi connectivity index (χ1n) is 7.00. The minimum Gasteiger partial charge on any atom is -0.483 e. The van der Waals surface area contributed by atoms with Crippen molar-refractivity contribution in [3.63, 3.8) is 0 Å². The molecule has 0 heterocycles. The zero-order valence-corrected chi connectivity index (χ0v) is 11.7. The van der Waals surface area contributed by atoms with E-state index in [-0.39, 0.29) is 11.9 Å². The van der Waals surface area contributed by atoms with Gasteiger partial charge >= 0.3 is 0 Å². The van der Waals surface area contributed by atoms with Crippen LogP contribution < -0.4 is 10.1 Å².